The molecule has 0 atom stereocenters. The highest BCUT2D eigenvalue weighted by molar-refractivity contribution is 7.80. The molecule has 5 heteroatoms. The van der Waals surface area contributed by atoms with Gasteiger partial charge < -0.3 is 15.4 Å². The molecule has 1 rings (SSSR count). The summed E-state index contributed by atoms with van der Waals surface area (Å²) < 4.78 is 5.68. The maximum absolute atomic E-state index is 11.8. The normalized spacial score (nSPS) is 11.0. The number of hydrogen-bond donors (Lipinski definition) is 2. The number of ether oxygens (including phenoxy) is 1. The molecule has 0 unspecified atom stereocenters. The predicted octanol–water partition coefficient (Wildman–Crippen LogP) is 3.93. The largest absolute Gasteiger partial charge is 0.494 e. The molecule has 0 aliphatic heterocycles. The third-order valence-corrected chi connectivity index (χ3v) is 3.85. The van der Waals surface area contributed by atoms with Gasteiger partial charge in [0.15, 0.2) is 5.11 Å². The van der Waals surface area contributed by atoms with Crippen molar-refractivity contribution < 1.29 is 9.53 Å². The summed E-state index contributed by atoms with van der Waals surface area (Å²) in [6.45, 7) is 9.97. The smallest absolute Gasteiger partial charge is 0.226 e. The molecule has 1 amide bonds. The van der Waals surface area contributed by atoms with Crippen LogP contribution in [0.4, 0.5) is 0 Å². The fourth-order valence-electron chi connectivity index (χ4n) is 2.09. The zero-order valence-corrected chi connectivity index (χ0v) is 16.1. The summed E-state index contributed by atoms with van der Waals surface area (Å²) in [5, 5.41) is 6.11. The molecule has 2 N–H and O–H groups in total. The number of carbonyl (C=O) groups excluding carboxylic acids is 1. The first-order valence-corrected chi connectivity index (χ1v) is 9.04. The highest BCUT2D eigenvalue weighted by Gasteiger charge is 2.13. The minimum atomic E-state index is -0.0734. The molecule has 24 heavy (non-hydrogen) atoms. The molecular formula is C19H30N2O2S. The molecule has 0 saturated carbocycles. The van der Waals surface area contributed by atoms with Crippen LogP contribution < -0.4 is 15.4 Å². The molecule has 4 nitrogen and oxygen atoms in total. The molecule has 0 aliphatic rings. The van der Waals surface area contributed by atoms with Gasteiger partial charge in [0.2, 0.25) is 5.91 Å². The Kier molecular flexibility index (Phi) is 8.76. The van der Waals surface area contributed by atoms with Crippen LogP contribution >= 0.6 is 12.2 Å². The lowest BCUT2D eigenvalue weighted by molar-refractivity contribution is -0.119. The van der Waals surface area contributed by atoms with Gasteiger partial charge in [0, 0.05) is 13.0 Å². The number of thiocarbonyl (C=S) groups is 1. The van der Waals surface area contributed by atoms with Crippen molar-refractivity contribution in [2.24, 2.45) is 0 Å². The molecule has 0 aromatic heterocycles. The van der Waals surface area contributed by atoms with E-state index < -0.39 is 0 Å². The van der Waals surface area contributed by atoms with E-state index in [0.717, 1.165) is 25.1 Å². The minimum Gasteiger partial charge on any atom is -0.494 e. The third kappa shape index (κ3) is 8.29. The Morgan fingerprint density at radius 1 is 1.17 bits per heavy atom. The van der Waals surface area contributed by atoms with Crippen molar-refractivity contribution >= 4 is 23.2 Å². The summed E-state index contributed by atoms with van der Waals surface area (Å²) in [4.78, 5) is 11.8. The van der Waals surface area contributed by atoms with Gasteiger partial charge in [0.05, 0.1) is 6.61 Å². The van der Waals surface area contributed by atoms with Crippen molar-refractivity contribution in [3.63, 3.8) is 0 Å². The molecule has 0 heterocycles. The SMILES string of the molecule is CCCCNC(=S)NC(=O)CCCOc1ccc(C(C)(C)C)cc1. The van der Waals surface area contributed by atoms with Crippen LogP contribution in [-0.2, 0) is 10.2 Å². The fourth-order valence-corrected chi connectivity index (χ4v) is 2.30. The average Bonchev–Trinajstić information content (AvgIpc) is 2.51. The van der Waals surface area contributed by atoms with E-state index >= 15 is 0 Å². The van der Waals surface area contributed by atoms with Crippen LogP contribution in [0.5, 0.6) is 5.75 Å². The van der Waals surface area contributed by atoms with Crippen molar-refractivity contribution in [1.29, 1.82) is 0 Å². The predicted molar refractivity (Wildman–Crippen MR) is 104 cm³/mol. The summed E-state index contributed by atoms with van der Waals surface area (Å²) in [7, 11) is 0. The van der Waals surface area contributed by atoms with E-state index in [0.29, 0.717) is 24.6 Å². The molecule has 0 aliphatic carbocycles. The minimum absolute atomic E-state index is 0.0734. The number of rotatable bonds is 8. The Morgan fingerprint density at radius 2 is 1.83 bits per heavy atom. The number of hydrogen-bond acceptors (Lipinski definition) is 3. The maximum atomic E-state index is 11.8. The van der Waals surface area contributed by atoms with Crippen molar-refractivity contribution in [3.05, 3.63) is 29.8 Å². The van der Waals surface area contributed by atoms with Gasteiger partial charge in [0.25, 0.3) is 0 Å². The average molecular weight is 351 g/mol. The monoisotopic (exact) mass is 350 g/mol. The number of benzene rings is 1. The molecule has 0 radical (unpaired) electrons. The molecule has 1 aromatic rings. The first-order valence-electron chi connectivity index (χ1n) is 8.64. The summed E-state index contributed by atoms with van der Waals surface area (Å²) in [5.41, 5.74) is 1.42. The Balaban J connectivity index is 2.21. The van der Waals surface area contributed by atoms with Gasteiger partial charge in [-0.1, -0.05) is 46.2 Å². The lowest BCUT2D eigenvalue weighted by Gasteiger charge is -2.19. The van der Waals surface area contributed by atoms with Crippen LogP contribution in [-0.4, -0.2) is 24.2 Å². The van der Waals surface area contributed by atoms with Gasteiger partial charge in [-0.25, -0.2) is 0 Å². The Bertz CT molecular complexity index is 521. The highest BCUT2D eigenvalue weighted by Crippen LogP contribution is 2.24. The first-order chi connectivity index (χ1) is 11.3. The van der Waals surface area contributed by atoms with Crippen molar-refractivity contribution in [1.82, 2.24) is 10.6 Å². The standard InChI is InChI=1S/C19H30N2O2S/c1-5-6-13-20-18(24)21-17(22)8-7-14-23-16-11-9-15(10-12-16)19(2,3)4/h9-12H,5-8,13-14H2,1-4H3,(H2,20,21,22,24). The first kappa shape index (κ1) is 20.4. The molecule has 0 saturated heterocycles. The second-order valence-electron chi connectivity index (χ2n) is 6.88. The Labute approximate surface area is 151 Å². The lowest BCUT2D eigenvalue weighted by Crippen LogP contribution is -2.39. The van der Waals surface area contributed by atoms with Crippen molar-refractivity contribution in [3.8, 4) is 5.75 Å². The van der Waals surface area contributed by atoms with Crippen LogP contribution in [0, 0.1) is 0 Å². The van der Waals surface area contributed by atoms with E-state index in [1.54, 1.807) is 0 Å². The van der Waals surface area contributed by atoms with E-state index in [-0.39, 0.29) is 11.3 Å². The van der Waals surface area contributed by atoms with Crippen molar-refractivity contribution in [2.75, 3.05) is 13.2 Å². The van der Waals surface area contributed by atoms with Crippen LogP contribution in [0.1, 0.15) is 58.9 Å². The molecule has 0 spiro atoms. The van der Waals surface area contributed by atoms with Crippen molar-refractivity contribution in [2.45, 2.75) is 58.8 Å². The third-order valence-electron chi connectivity index (χ3n) is 3.61. The molecule has 0 bridgehead atoms. The van der Waals surface area contributed by atoms with E-state index in [1.165, 1.54) is 5.56 Å². The molecule has 0 fully saturated rings. The van der Waals surface area contributed by atoms with Crippen LogP contribution in [0.2, 0.25) is 0 Å². The summed E-state index contributed by atoms with van der Waals surface area (Å²) in [5.74, 6) is 0.760. The lowest BCUT2D eigenvalue weighted by atomic mass is 9.87. The zero-order valence-electron chi connectivity index (χ0n) is 15.3. The van der Waals surface area contributed by atoms with E-state index in [2.05, 4.69) is 50.5 Å². The summed E-state index contributed by atoms with van der Waals surface area (Å²) >= 11 is 5.07. The van der Waals surface area contributed by atoms with E-state index in [4.69, 9.17) is 17.0 Å². The van der Waals surface area contributed by atoms with Crippen LogP contribution in [0.15, 0.2) is 24.3 Å². The Hall–Kier alpha value is -1.62. The molecular weight excluding hydrogens is 320 g/mol. The summed E-state index contributed by atoms with van der Waals surface area (Å²) in [6, 6.07) is 8.13. The van der Waals surface area contributed by atoms with E-state index in [9.17, 15) is 4.79 Å². The quantitative estimate of drug-likeness (QED) is 0.551. The second-order valence-corrected chi connectivity index (χ2v) is 7.29. The molecule has 134 valence electrons. The van der Waals surface area contributed by atoms with Crippen LogP contribution in [0.3, 0.4) is 0 Å². The Morgan fingerprint density at radius 3 is 2.42 bits per heavy atom. The molecule has 1 aromatic carbocycles. The fraction of sp³-hybridized carbons (Fsp3) is 0.579. The van der Waals surface area contributed by atoms with Gasteiger partial charge >= 0.3 is 0 Å². The van der Waals surface area contributed by atoms with Gasteiger partial charge in [-0.3, -0.25) is 4.79 Å². The topological polar surface area (TPSA) is 50.4 Å². The van der Waals surface area contributed by atoms with Gasteiger partial charge in [-0.2, -0.15) is 0 Å². The second kappa shape index (κ2) is 10.3. The number of carbonyl (C=O) groups is 1. The summed E-state index contributed by atoms with van der Waals surface area (Å²) in [6.07, 6.45) is 3.19. The zero-order chi connectivity index (χ0) is 18.0. The van der Waals surface area contributed by atoms with Crippen LogP contribution in [0.25, 0.3) is 0 Å². The number of unbranched alkanes of at least 4 members (excludes halogenated alkanes) is 1. The van der Waals surface area contributed by atoms with Gasteiger partial charge in [-0.05, 0) is 48.2 Å². The highest BCUT2D eigenvalue weighted by atomic mass is 32.1. The maximum Gasteiger partial charge on any atom is 0.226 e. The van der Waals surface area contributed by atoms with Gasteiger partial charge in [0.1, 0.15) is 5.75 Å². The van der Waals surface area contributed by atoms with E-state index in [1.807, 2.05) is 12.1 Å². The number of amides is 1. The van der Waals surface area contributed by atoms with Gasteiger partial charge in [-0.15, -0.1) is 0 Å². The number of nitrogens with one attached hydrogen (secondary N) is 2.